The molecule has 2 aliphatic rings. The molecule has 2 aromatic rings. The summed E-state index contributed by atoms with van der Waals surface area (Å²) < 4.78 is 36.5. The van der Waals surface area contributed by atoms with E-state index >= 15 is 0 Å². The molecule has 1 heterocycles. The molecule has 0 unspecified atom stereocenters. The quantitative estimate of drug-likeness (QED) is 0.273. The van der Waals surface area contributed by atoms with Gasteiger partial charge in [0.05, 0.1) is 27.4 Å². The average molecular weight is 553 g/mol. The largest absolute Gasteiger partial charge is 0.468 e. The molecule has 0 amide bonds. The Morgan fingerprint density at radius 2 is 1.76 bits per heavy atom. The van der Waals surface area contributed by atoms with Gasteiger partial charge in [-0.25, -0.2) is 4.39 Å². The zero-order valence-electron chi connectivity index (χ0n) is 19.2. The van der Waals surface area contributed by atoms with E-state index < -0.39 is 29.6 Å². The molecular weight excluding hydrogens is 527 g/mol. The molecule has 0 aromatic heterocycles. The third-order valence-electron chi connectivity index (χ3n) is 6.53. The minimum atomic E-state index is -1.14. The highest BCUT2D eigenvalue weighted by Gasteiger charge is 2.47. The van der Waals surface area contributed by atoms with Crippen molar-refractivity contribution < 1.29 is 32.9 Å². The van der Waals surface area contributed by atoms with Crippen molar-refractivity contribution in [2.45, 2.75) is 35.9 Å². The maximum Gasteiger partial charge on any atom is 0.320 e. The van der Waals surface area contributed by atoms with E-state index in [-0.39, 0.29) is 12.2 Å². The van der Waals surface area contributed by atoms with Gasteiger partial charge in [0.2, 0.25) is 0 Å². The van der Waals surface area contributed by atoms with E-state index in [9.17, 15) is 14.0 Å². The average Bonchev–Trinajstić information content (AvgIpc) is 3.47. The van der Waals surface area contributed by atoms with Gasteiger partial charge in [0.25, 0.3) is 0 Å². The van der Waals surface area contributed by atoms with Gasteiger partial charge in [-0.1, -0.05) is 28.1 Å². The van der Waals surface area contributed by atoms with Gasteiger partial charge >= 0.3 is 11.9 Å². The number of benzene rings is 2. The second-order valence-electron chi connectivity index (χ2n) is 8.21. The summed E-state index contributed by atoms with van der Waals surface area (Å²) in [6.45, 7) is 1.05. The smallest absolute Gasteiger partial charge is 0.320 e. The van der Waals surface area contributed by atoms with E-state index in [0.717, 1.165) is 33.6 Å². The third kappa shape index (κ3) is 4.51. The van der Waals surface area contributed by atoms with Crippen molar-refractivity contribution in [1.29, 1.82) is 0 Å². The summed E-state index contributed by atoms with van der Waals surface area (Å²) in [5, 5.41) is 0. The highest BCUT2D eigenvalue weighted by Crippen LogP contribution is 2.51. The van der Waals surface area contributed by atoms with Crippen molar-refractivity contribution in [1.82, 2.24) is 0 Å². The minimum Gasteiger partial charge on any atom is -0.468 e. The van der Waals surface area contributed by atoms with Crippen molar-refractivity contribution in [3.8, 4) is 0 Å². The first-order chi connectivity index (χ1) is 16.3. The lowest BCUT2D eigenvalue weighted by molar-refractivity contribution is -0.164. The van der Waals surface area contributed by atoms with Gasteiger partial charge < -0.3 is 18.9 Å². The van der Waals surface area contributed by atoms with Crippen LogP contribution in [-0.2, 0) is 40.7 Å². The fourth-order valence-electron chi connectivity index (χ4n) is 5.00. The Morgan fingerprint density at radius 3 is 2.35 bits per heavy atom. The molecule has 34 heavy (non-hydrogen) atoms. The van der Waals surface area contributed by atoms with Crippen LogP contribution in [-0.4, -0.2) is 45.6 Å². The van der Waals surface area contributed by atoms with Gasteiger partial charge in [-0.3, -0.25) is 9.59 Å². The van der Waals surface area contributed by atoms with E-state index in [0.29, 0.717) is 24.1 Å². The van der Waals surface area contributed by atoms with Gasteiger partial charge in [0, 0.05) is 27.3 Å². The summed E-state index contributed by atoms with van der Waals surface area (Å²) in [4.78, 5) is 26.2. The molecule has 1 aliphatic heterocycles. The van der Waals surface area contributed by atoms with Crippen molar-refractivity contribution in [2.24, 2.45) is 5.92 Å². The molecule has 1 spiro atoms. The van der Waals surface area contributed by atoms with Gasteiger partial charge in [-0.15, -0.1) is 11.8 Å². The normalized spacial score (nSPS) is 17.1. The number of ether oxygens (including phenoxy) is 4. The molecule has 4 rings (SSSR count). The monoisotopic (exact) mass is 552 g/mol. The van der Waals surface area contributed by atoms with Crippen LogP contribution < -0.4 is 0 Å². The van der Waals surface area contributed by atoms with Gasteiger partial charge in [0.1, 0.15) is 5.82 Å². The number of rotatable bonds is 7. The number of fused-ring (bicyclic) bond motifs is 2. The molecule has 6 nitrogen and oxygen atoms in total. The van der Waals surface area contributed by atoms with Crippen molar-refractivity contribution in [3.05, 3.63) is 62.9 Å². The molecule has 1 atom stereocenters. The van der Waals surface area contributed by atoms with Crippen LogP contribution in [0.2, 0.25) is 0 Å². The number of methoxy groups -OCH3 is 2. The summed E-state index contributed by atoms with van der Waals surface area (Å²) in [6.07, 6.45) is 3.51. The molecule has 1 aliphatic carbocycles. The zero-order valence-corrected chi connectivity index (χ0v) is 21.6. The van der Waals surface area contributed by atoms with Gasteiger partial charge in [-0.05, 0) is 54.0 Å². The minimum absolute atomic E-state index is 0.101. The maximum absolute atomic E-state index is 13.9. The first-order valence-corrected chi connectivity index (χ1v) is 13.0. The lowest BCUT2D eigenvalue weighted by Gasteiger charge is -2.28. The Hall–Kier alpha value is -1.94. The number of thioether (sulfide) groups is 1. The predicted octanol–water partition coefficient (Wildman–Crippen LogP) is 4.94. The van der Waals surface area contributed by atoms with Crippen LogP contribution in [0.5, 0.6) is 0 Å². The standard InChI is InChI=1S/C25H26BrFO6S/c1-30-23(28)19(24(29)31-2)13-18(16-5-4-14(27)12-20(16)26)15-6-7-21(34-3)22-17(15)8-9-25(22)32-10-11-33-25/h4-7,12,18-19H,8-11,13H2,1-3H3/t18-/m1/s1. The lowest BCUT2D eigenvalue weighted by Crippen LogP contribution is -2.29. The summed E-state index contributed by atoms with van der Waals surface area (Å²) in [6, 6.07) is 8.48. The molecule has 9 heteroatoms. The molecule has 2 aromatic carbocycles. The summed E-state index contributed by atoms with van der Waals surface area (Å²) in [7, 11) is 2.48. The lowest BCUT2D eigenvalue weighted by atomic mass is 9.80. The Morgan fingerprint density at radius 1 is 1.12 bits per heavy atom. The fraction of sp³-hybridized carbons (Fsp3) is 0.440. The number of carbonyl (C=O) groups excluding carboxylic acids is 2. The molecule has 0 N–H and O–H groups in total. The molecule has 0 bridgehead atoms. The van der Waals surface area contributed by atoms with Gasteiger partial charge in [-0.2, -0.15) is 0 Å². The van der Waals surface area contributed by atoms with Crippen LogP contribution >= 0.6 is 27.7 Å². The predicted molar refractivity (Wildman–Crippen MR) is 128 cm³/mol. The van der Waals surface area contributed by atoms with E-state index in [1.165, 1.54) is 26.4 Å². The first-order valence-electron chi connectivity index (χ1n) is 10.9. The fourth-order valence-corrected chi connectivity index (χ4v) is 6.31. The van der Waals surface area contributed by atoms with Crippen LogP contribution in [0, 0.1) is 11.7 Å². The Kier molecular flexibility index (Phi) is 7.66. The summed E-state index contributed by atoms with van der Waals surface area (Å²) in [5.74, 6) is -4.07. The highest BCUT2D eigenvalue weighted by atomic mass is 79.9. The SMILES string of the molecule is COC(=O)C(C[C@@H](c1ccc(F)cc1Br)c1ccc(SC)c2c1CCC21OCCO1)C(=O)OC. The number of esters is 2. The Labute approximate surface area is 210 Å². The molecular formula is C25H26BrFO6S. The zero-order chi connectivity index (χ0) is 24.5. The van der Waals surface area contributed by atoms with Gasteiger partial charge in [0.15, 0.2) is 11.7 Å². The number of hydrogen-bond acceptors (Lipinski definition) is 7. The van der Waals surface area contributed by atoms with Crippen LogP contribution in [0.1, 0.15) is 41.0 Å². The topological polar surface area (TPSA) is 71.1 Å². The van der Waals surface area contributed by atoms with E-state index in [1.807, 2.05) is 18.4 Å². The van der Waals surface area contributed by atoms with Crippen LogP contribution in [0.25, 0.3) is 0 Å². The van der Waals surface area contributed by atoms with Crippen LogP contribution in [0.3, 0.4) is 0 Å². The van der Waals surface area contributed by atoms with Crippen LogP contribution in [0.15, 0.2) is 39.7 Å². The second-order valence-corrected chi connectivity index (χ2v) is 9.92. The van der Waals surface area contributed by atoms with E-state index in [4.69, 9.17) is 18.9 Å². The summed E-state index contributed by atoms with van der Waals surface area (Å²) >= 11 is 5.11. The van der Waals surface area contributed by atoms with Crippen molar-refractivity contribution in [3.63, 3.8) is 0 Å². The molecule has 0 radical (unpaired) electrons. The Balaban J connectivity index is 1.89. The maximum atomic E-state index is 13.9. The first kappa shape index (κ1) is 25.2. The van der Waals surface area contributed by atoms with E-state index in [1.54, 1.807) is 17.8 Å². The molecule has 0 saturated carbocycles. The summed E-state index contributed by atoms with van der Waals surface area (Å²) in [5.41, 5.74) is 3.77. The van der Waals surface area contributed by atoms with Crippen molar-refractivity contribution in [2.75, 3.05) is 33.7 Å². The number of carbonyl (C=O) groups is 2. The third-order valence-corrected chi connectivity index (χ3v) is 7.99. The molecule has 1 saturated heterocycles. The Bertz CT molecular complexity index is 1090. The van der Waals surface area contributed by atoms with E-state index in [2.05, 4.69) is 15.9 Å². The second kappa shape index (κ2) is 10.4. The molecule has 182 valence electrons. The number of hydrogen-bond donors (Lipinski definition) is 0. The number of halogens is 2. The van der Waals surface area contributed by atoms with Crippen molar-refractivity contribution >= 4 is 39.6 Å². The highest BCUT2D eigenvalue weighted by molar-refractivity contribution is 9.10. The van der Waals surface area contributed by atoms with Crippen LogP contribution in [0.4, 0.5) is 4.39 Å². The molecule has 1 fully saturated rings.